The van der Waals surface area contributed by atoms with Gasteiger partial charge in [-0.05, 0) is 35.3 Å². The van der Waals surface area contributed by atoms with Crippen LogP contribution < -0.4 is 4.74 Å². The summed E-state index contributed by atoms with van der Waals surface area (Å²) < 4.78 is 11.4. The van der Waals surface area contributed by atoms with Crippen molar-refractivity contribution in [2.45, 2.75) is 13.5 Å². The average molecular weight is 316 g/mol. The van der Waals surface area contributed by atoms with E-state index < -0.39 is 0 Å². The molecular formula is C20H16N2O2. The fraction of sp³-hybridized carbons (Fsp3) is 0.100. The van der Waals surface area contributed by atoms with Gasteiger partial charge in [0.2, 0.25) is 0 Å². The number of hydrogen-bond acceptors (Lipinski definition) is 4. The summed E-state index contributed by atoms with van der Waals surface area (Å²) in [7, 11) is 0. The van der Waals surface area contributed by atoms with Crippen molar-refractivity contribution >= 4 is 11.0 Å². The molecule has 4 nitrogen and oxygen atoms in total. The first-order valence-electron chi connectivity index (χ1n) is 7.79. The molecule has 0 saturated heterocycles. The molecule has 0 aliphatic heterocycles. The zero-order chi connectivity index (χ0) is 16.4. The van der Waals surface area contributed by atoms with Gasteiger partial charge in [0, 0.05) is 23.5 Å². The van der Waals surface area contributed by atoms with Crippen molar-refractivity contribution in [3.63, 3.8) is 0 Å². The largest absolute Gasteiger partial charge is 0.470 e. The van der Waals surface area contributed by atoms with Gasteiger partial charge in [-0.25, -0.2) is 0 Å². The number of ether oxygens (including phenoxy) is 1. The van der Waals surface area contributed by atoms with Crippen LogP contribution >= 0.6 is 0 Å². The number of para-hydroxylation sites is 1. The zero-order valence-corrected chi connectivity index (χ0v) is 13.3. The molecule has 0 amide bonds. The third kappa shape index (κ3) is 2.63. The summed E-state index contributed by atoms with van der Waals surface area (Å²) >= 11 is 0. The molecule has 0 spiro atoms. The van der Waals surface area contributed by atoms with Gasteiger partial charge in [-0.2, -0.15) is 0 Å². The van der Waals surface area contributed by atoms with Gasteiger partial charge in [0.15, 0.2) is 5.58 Å². The lowest BCUT2D eigenvalue weighted by Crippen LogP contribution is -1.95. The number of rotatable bonds is 4. The van der Waals surface area contributed by atoms with E-state index in [0.717, 1.165) is 33.2 Å². The van der Waals surface area contributed by atoms with Crippen LogP contribution in [0.3, 0.4) is 0 Å². The highest BCUT2D eigenvalue weighted by Gasteiger charge is 2.15. The van der Waals surface area contributed by atoms with Crippen molar-refractivity contribution in [3.05, 3.63) is 78.1 Å². The van der Waals surface area contributed by atoms with E-state index in [2.05, 4.69) is 17.1 Å². The molecule has 0 aliphatic rings. The van der Waals surface area contributed by atoms with Crippen LogP contribution in [0.1, 0.15) is 11.1 Å². The summed E-state index contributed by atoms with van der Waals surface area (Å²) in [5.41, 5.74) is 4.96. The number of aryl methyl sites for hydroxylation is 1. The lowest BCUT2D eigenvalue weighted by atomic mass is 10.0. The molecule has 2 aromatic heterocycles. The van der Waals surface area contributed by atoms with E-state index in [9.17, 15) is 0 Å². The van der Waals surface area contributed by atoms with Crippen molar-refractivity contribution in [3.8, 4) is 17.0 Å². The normalized spacial score (nSPS) is 10.9. The van der Waals surface area contributed by atoms with Gasteiger partial charge >= 0.3 is 0 Å². The summed E-state index contributed by atoms with van der Waals surface area (Å²) in [6.45, 7) is 2.51. The molecule has 0 atom stereocenters. The van der Waals surface area contributed by atoms with Gasteiger partial charge < -0.3 is 9.26 Å². The van der Waals surface area contributed by atoms with Crippen molar-refractivity contribution < 1.29 is 9.26 Å². The fourth-order valence-electron chi connectivity index (χ4n) is 2.73. The summed E-state index contributed by atoms with van der Waals surface area (Å²) in [5, 5.41) is 4.98. The number of aromatic nitrogens is 2. The number of benzene rings is 2. The molecule has 0 radical (unpaired) electrons. The number of fused-ring (bicyclic) bond motifs is 1. The maximum absolute atomic E-state index is 5.85. The third-order valence-electron chi connectivity index (χ3n) is 4.01. The predicted molar refractivity (Wildman–Crippen MR) is 92.8 cm³/mol. The van der Waals surface area contributed by atoms with E-state index in [1.54, 1.807) is 6.20 Å². The second kappa shape index (κ2) is 6.16. The molecule has 0 fully saturated rings. The molecule has 4 aromatic rings. The number of hydrogen-bond donors (Lipinski definition) is 0. The minimum Gasteiger partial charge on any atom is -0.470 e. The topological polar surface area (TPSA) is 48.2 Å². The molecular weight excluding hydrogens is 300 g/mol. The fourth-order valence-corrected chi connectivity index (χ4v) is 2.73. The second-order valence-corrected chi connectivity index (χ2v) is 5.63. The van der Waals surface area contributed by atoms with Crippen molar-refractivity contribution in [2.24, 2.45) is 0 Å². The first-order chi connectivity index (χ1) is 11.8. The third-order valence-corrected chi connectivity index (χ3v) is 4.01. The summed E-state index contributed by atoms with van der Waals surface area (Å²) in [6.07, 6.45) is 3.63. The highest BCUT2D eigenvalue weighted by molar-refractivity contribution is 5.95. The summed E-state index contributed by atoms with van der Waals surface area (Å²) in [4.78, 5) is 4.22. The Kier molecular flexibility index (Phi) is 3.71. The van der Waals surface area contributed by atoms with E-state index in [1.807, 2.05) is 60.8 Å². The Hall–Kier alpha value is -3.14. The molecule has 0 aliphatic carbocycles. The molecule has 0 saturated carbocycles. The van der Waals surface area contributed by atoms with Crippen molar-refractivity contribution in [1.82, 2.24) is 10.1 Å². The van der Waals surface area contributed by atoms with Crippen LogP contribution in [0.25, 0.3) is 22.1 Å². The maximum atomic E-state index is 5.85. The monoisotopic (exact) mass is 316 g/mol. The highest BCUT2D eigenvalue weighted by Crippen LogP contribution is 2.34. The van der Waals surface area contributed by atoms with Gasteiger partial charge in [-0.15, -0.1) is 0 Å². The molecule has 2 heterocycles. The van der Waals surface area contributed by atoms with Crippen LogP contribution in [0, 0.1) is 6.92 Å². The minimum absolute atomic E-state index is 0.457. The predicted octanol–water partition coefficient (Wildman–Crippen LogP) is 4.78. The Balaban J connectivity index is 1.70. The molecule has 0 bridgehead atoms. The minimum atomic E-state index is 0.457. The van der Waals surface area contributed by atoms with Gasteiger partial charge in [-0.1, -0.05) is 42.5 Å². The molecule has 4 rings (SSSR count). The molecule has 24 heavy (non-hydrogen) atoms. The van der Waals surface area contributed by atoms with E-state index in [1.165, 1.54) is 0 Å². The van der Waals surface area contributed by atoms with Crippen molar-refractivity contribution in [2.75, 3.05) is 0 Å². The molecule has 4 heteroatoms. The van der Waals surface area contributed by atoms with Crippen molar-refractivity contribution in [1.29, 1.82) is 0 Å². The summed E-state index contributed by atoms with van der Waals surface area (Å²) in [6, 6.07) is 17.9. The molecule has 0 unspecified atom stereocenters. The second-order valence-electron chi connectivity index (χ2n) is 5.63. The standard InChI is InChI=1S/C20H16N2O2/c1-14-10-11-21-12-18(14)16-8-5-9-17-19(16)24-22-20(17)23-13-15-6-3-2-4-7-15/h2-12H,13H2,1H3. The van der Waals surface area contributed by atoms with E-state index in [-0.39, 0.29) is 0 Å². The van der Waals surface area contributed by atoms with E-state index >= 15 is 0 Å². The Morgan fingerprint density at radius 2 is 1.83 bits per heavy atom. The average Bonchev–Trinajstić information content (AvgIpc) is 3.05. The van der Waals surface area contributed by atoms with E-state index in [4.69, 9.17) is 9.26 Å². The lowest BCUT2D eigenvalue weighted by Gasteiger charge is -2.05. The highest BCUT2D eigenvalue weighted by atomic mass is 16.5. The van der Waals surface area contributed by atoms with Gasteiger partial charge in [0.05, 0.1) is 5.39 Å². The Morgan fingerprint density at radius 1 is 0.958 bits per heavy atom. The molecule has 0 N–H and O–H groups in total. The maximum Gasteiger partial charge on any atom is 0.262 e. The molecule has 2 aromatic carbocycles. The smallest absolute Gasteiger partial charge is 0.262 e. The van der Waals surface area contributed by atoms with Gasteiger partial charge in [0.1, 0.15) is 6.61 Å². The number of pyridine rings is 1. The van der Waals surface area contributed by atoms with Crippen LogP contribution in [0.4, 0.5) is 0 Å². The van der Waals surface area contributed by atoms with Crippen LogP contribution in [-0.2, 0) is 6.61 Å². The first kappa shape index (κ1) is 14.5. The van der Waals surface area contributed by atoms with Crippen LogP contribution in [0.15, 0.2) is 71.5 Å². The summed E-state index contributed by atoms with van der Waals surface area (Å²) in [5.74, 6) is 0.511. The van der Waals surface area contributed by atoms with Gasteiger partial charge in [0.25, 0.3) is 5.88 Å². The quantitative estimate of drug-likeness (QED) is 0.544. The number of nitrogens with zero attached hydrogens (tertiary/aromatic N) is 2. The SMILES string of the molecule is Cc1ccncc1-c1cccc2c(OCc3ccccc3)noc12. The Morgan fingerprint density at radius 3 is 2.67 bits per heavy atom. The molecule has 118 valence electrons. The lowest BCUT2D eigenvalue weighted by molar-refractivity contribution is 0.274. The Bertz CT molecular complexity index is 977. The Labute approximate surface area is 139 Å². The van der Waals surface area contributed by atoms with Crippen LogP contribution in [0.2, 0.25) is 0 Å². The van der Waals surface area contributed by atoms with Gasteiger partial charge in [-0.3, -0.25) is 4.98 Å². The van der Waals surface area contributed by atoms with E-state index in [0.29, 0.717) is 12.5 Å². The zero-order valence-electron chi connectivity index (χ0n) is 13.3. The first-order valence-corrected chi connectivity index (χ1v) is 7.79. The van der Waals surface area contributed by atoms with Crippen LogP contribution in [0.5, 0.6) is 5.88 Å². The van der Waals surface area contributed by atoms with Crippen LogP contribution in [-0.4, -0.2) is 10.1 Å².